The fraction of sp³-hybridized carbons (Fsp3) is 0.800. The maximum Gasteiger partial charge on any atom is 0.333 e. The van der Waals surface area contributed by atoms with Crippen molar-refractivity contribution < 1.29 is 40.3 Å². The van der Waals surface area contributed by atoms with Gasteiger partial charge in [-0.15, -0.1) is 0 Å². The summed E-state index contributed by atoms with van der Waals surface area (Å²) in [5.74, 6) is -1.37. The van der Waals surface area contributed by atoms with E-state index in [0.717, 1.165) is 0 Å². The average molecular weight is 460 g/mol. The minimum absolute atomic E-state index is 0.0239. The second-order valence-corrected chi connectivity index (χ2v) is 9.18. The number of Topliss-reactive ketones (excluding diaryl/α,β-unsaturated/α-hetero) is 2. The smallest absolute Gasteiger partial charge is 0.333 e. The van der Waals surface area contributed by atoms with Crippen LogP contribution in [0.2, 0.25) is 0 Å². The molecule has 0 aliphatic heterocycles. The molecule has 0 fully saturated rings. The summed E-state index contributed by atoms with van der Waals surface area (Å²) in [7, 11) is -8.66. The number of amides is 1. The highest BCUT2D eigenvalue weighted by atomic mass is 32.2. The zero-order chi connectivity index (χ0) is 22.7. The van der Waals surface area contributed by atoms with Gasteiger partial charge in [-0.1, -0.05) is 13.8 Å². The number of nitrogens with one attached hydrogen (secondary N) is 3. The van der Waals surface area contributed by atoms with Crippen molar-refractivity contribution in [2.24, 2.45) is 5.92 Å². The maximum absolute atomic E-state index is 12.3. The first-order chi connectivity index (χ1) is 13.2. The first-order valence-corrected chi connectivity index (χ1v) is 11.9. The maximum atomic E-state index is 12.3. The Labute approximate surface area is 171 Å². The van der Waals surface area contributed by atoms with Gasteiger partial charge in [0.2, 0.25) is 5.91 Å². The largest absolute Gasteiger partial charge is 0.346 e. The molecular formula is C15H29N3O9S2. The molecule has 170 valence electrons. The summed E-state index contributed by atoms with van der Waals surface area (Å²) in [5, 5.41) is 2.56. The van der Waals surface area contributed by atoms with Crippen LogP contribution in [-0.4, -0.2) is 62.5 Å². The summed E-state index contributed by atoms with van der Waals surface area (Å²) in [6.45, 7) is 3.01. The van der Waals surface area contributed by atoms with E-state index in [9.17, 15) is 31.2 Å². The fourth-order valence-corrected chi connectivity index (χ4v) is 3.01. The van der Waals surface area contributed by atoms with Crippen LogP contribution in [0.1, 0.15) is 52.4 Å². The Morgan fingerprint density at radius 2 is 1.31 bits per heavy atom. The van der Waals surface area contributed by atoms with Gasteiger partial charge in [0.05, 0.1) is 6.04 Å². The minimum Gasteiger partial charge on any atom is -0.346 e. The molecule has 1 amide bonds. The third-order valence-corrected chi connectivity index (χ3v) is 4.88. The van der Waals surface area contributed by atoms with Gasteiger partial charge in [-0.3, -0.25) is 23.5 Å². The summed E-state index contributed by atoms with van der Waals surface area (Å²) in [5.41, 5.74) is 0. The molecule has 0 aromatic carbocycles. The van der Waals surface area contributed by atoms with Gasteiger partial charge in [0.15, 0.2) is 5.78 Å². The number of carbonyl (C=O) groups is 3. The SMILES string of the molecule is CC(C)C(=O)N[C@@H](CCC(=O)CCCNS(=O)(=O)O)C(=O)CCCNS(=O)(=O)O. The lowest BCUT2D eigenvalue weighted by Gasteiger charge is -2.19. The number of hydrogen-bond acceptors (Lipinski definition) is 7. The van der Waals surface area contributed by atoms with E-state index in [-0.39, 0.29) is 75.0 Å². The molecule has 0 saturated carbocycles. The van der Waals surface area contributed by atoms with Gasteiger partial charge < -0.3 is 5.32 Å². The van der Waals surface area contributed by atoms with Crippen LogP contribution in [0.15, 0.2) is 0 Å². The number of ketones is 2. The van der Waals surface area contributed by atoms with Crippen molar-refractivity contribution in [2.45, 2.75) is 58.4 Å². The van der Waals surface area contributed by atoms with Crippen molar-refractivity contribution in [3.8, 4) is 0 Å². The van der Waals surface area contributed by atoms with E-state index in [1.165, 1.54) is 0 Å². The first kappa shape index (κ1) is 27.5. The van der Waals surface area contributed by atoms with Gasteiger partial charge in [0, 0.05) is 38.3 Å². The van der Waals surface area contributed by atoms with E-state index in [1.54, 1.807) is 13.8 Å². The molecular weight excluding hydrogens is 430 g/mol. The third kappa shape index (κ3) is 16.1. The quantitative estimate of drug-likeness (QED) is 0.148. The molecule has 0 rings (SSSR count). The Hall–Kier alpha value is -1.45. The van der Waals surface area contributed by atoms with Crippen molar-refractivity contribution in [1.29, 1.82) is 0 Å². The van der Waals surface area contributed by atoms with E-state index in [4.69, 9.17) is 9.11 Å². The summed E-state index contributed by atoms with van der Waals surface area (Å²) >= 11 is 0. The Balaban J connectivity index is 4.57. The molecule has 1 atom stereocenters. The first-order valence-electron chi connectivity index (χ1n) is 9.00. The standard InChI is InChI=1S/C15H29N3O9S2/c1-11(2)15(21)18-13(14(20)6-4-10-17-29(25,26)27)8-7-12(19)5-3-9-16-28(22,23)24/h11,13,16-17H,3-10H2,1-2H3,(H,18,21)(H,22,23,24)(H,25,26,27)/t13-/m0/s1. The highest BCUT2D eigenvalue weighted by molar-refractivity contribution is 7.84. The van der Waals surface area contributed by atoms with Crippen LogP contribution in [0.25, 0.3) is 0 Å². The van der Waals surface area contributed by atoms with Gasteiger partial charge in [0.25, 0.3) is 0 Å². The summed E-state index contributed by atoms with van der Waals surface area (Å²) in [6, 6.07) is -0.921. The molecule has 12 nitrogen and oxygen atoms in total. The predicted octanol–water partition coefficient (Wildman–Crippen LogP) is -0.609. The normalized spacial score (nSPS) is 13.3. The molecule has 0 spiro atoms. The van der Waals surface area contributed by atoms with Crippen molar-refractivity contribution in [1.82, 2.24) is 14.8 Å². The monoisotopic (exact) mass is 459 g/mol. The van der Waals surface area contributed by atoms with Gasteiger partial charge in [0.1, 0.15) is 5.78 Å². The Kier molecular flexibility index (Phi) is 12.3. The van der Waals surface area contributed by atoms with Gasteiger partial charge >= 0.3 is 20.6 Å². The molecule has 0 aliphatic carbocycles. The predicted molar refractivity (Wildman–Crippen MR) is 104 cm³/mol. The van der Waals surface area contributed by atoms with Crippen LogP contribution < -0.4 is 14.8 Å². The van der Waals surface area contributed by atoms with Crippen LogP contribution in [0.5, 0.6) is 0 Å². The highest BCUT2D eigenvalue weighted by Gasteiger charge is 2.22. The Bertz CT molecular complexity index is 764. The number of rotatable bonds is 16. The molecule has 14 heteroatoms. The van der Waals surface area contributed by atoms with Crippen molar-refractivity contribution in [3.05, 3.63) is 0 Å². The highest BCUT2D eigenvalue weighted by Crippen LogP contribution is 2.08. The van der Waals surface area contributed by atoms with Crippen LogP contribution in [0.3, 0.4) is 0 Å². The molecule has 29 heavy (non-hydrogen) atoms. The minimum atomic E-state index is -4.35. The molecule has 0 aromatic heterocycles. The Morgan fingerprint density at radius 1 is 0.828 bits per heavy atom. The third-order valence-electron chi connectivity index (χ3n) is 3.74. The lowest BCUT2D eigenvalue weighted by atomic mass is 9.99. The van der Waals surface area contributed by atoms with Crippen LogP contribution >= 0.6 is 0 Å². The molecule has 0 saturated heterocycles. The second-order valence-electron chi connectivity index (χ2n) is 6.71. The van der Waals surface area contributed by atoms with Gasteiger partial charge in [-0.2, -0.15) is 26.3 Å². The van der Waals surface area contributed by atoms with E-state index < -0.39 is 26.7 Å². The molecule has 0 unspecified atom stereocenters. The van der Waals surface area contributed by atoms with E-state index in [2.05, 4.69) is 5.32 Å². The average Bonchev–Trinajstić information content (AvgIpc) is 2.57. The summed E-state index contributed by atoms with van der Waals surface area (Å²) in [6.07, 6.45) is 0.244. The second kappa shape index (κ2) is 13.0. The Morgan fingerprint density at radius 3 is 1.76 bits per heavy atom. The van der Waals surface area contributed by atoms with Gasteiger partial charge in [-0.05, 0) is 19.3 Å². The van der Waals surface area contributed by atoms with Crippen LogP contribution in [-0.2, 0) is 35.0 Å². The zero-order valence-electron chi connectivity index (χ0n) is 16.4. The lowest BCUT2D eigenvalue weighted by molar-refractivity contribution is -0.130. The zero-order valence-corrected chi connectivity index (χ0v) is 18.0. The van der Waals surface area contributed by atoms with Gasteiger partial charge in [-0.25, -0.2) is 0 Å². The molecule has 0 aliphatic rings. The van der Waals surface area contributed by atoms with Crippen molar-refractivity contribution in [2.75, 3.05) is 13.1 Å². The number of carbonyl (C=O) groups excluding carboxylic acids is 3. The van der Waals surface area contributed by atoms with Crippen molar-refractivity contribution >= 4 is 38.1 Å². The fourth-order valence-electron chi connectivity index (χ4n) is 2.21. The molecule has 0 heterocycles. The van der Waals surface area contributed by atoms with E-state index in [0.29, 0.717) is 0 Å². The van der Waals surface area contributed by atoms with E-state index >= 15 is 0 Å². The molecule has 0 bridgehead atoms. The van der Waals surface area contributed by atoms with Crippen LogP contribution in [0.4, 0.5) is 0 Å². The van der Waals surface area contributed by atoms with Crippen molar-refractivity contribution in [3.63, 3.8) is 0 Å². The topological polar surface area (TPSA) is 196 Å². The molecule has 5 N–H and O–H groups in total. The summed E-state index contributed by atoms with van der Waals surface area (Å²) in [4.78, 5) is 36.2. The molecule has 0 aromatic rings. The van der Waals surface area contributed by atoms with Crippen LogP contribution in [0, 0.1) is 5.92 Å². The van der Waals surface area contributed by atoms with E-state index in [1.807, 2.05) is 9.44 Å². The molecule has 0 radical (unpaired) electrons. The summed E-state index contributed by atoms with van der Waals surface area (Å²) < 4.78 is 63.0. The lowest BCUT2D eigenvalue weighted by Crippen LogP contribution is -2.43. The number of hydrogen-bond donors (Lipinski definition) is 5.